The van der Waals surface area contributed by atoms with Crippen LogP contribution in [0.2, 0.25) is 0 Å². The number of aromatic amines is 1. The molecular weight excluding hydrogens is 284 g/mol. The number of rotatable bonds is 6. The lowest BCUT2D eigenvalue weighted by Crippen LogP contribution is -2.28. The van der Waals surface area contributed by atoms with Crippen molar-refractivity contribution in [3.63, 3.8) is 0 Å². The third-order valence-electron chi connectivity index (χ3n) is 3.49. The number of nitro groups is 1. The smallest absolute Gasteiger partial charge is 0.270 e. The summed E-state index contributed by atoms with van der Waals surface area (Å²) in [7, 11) is 0. The minimum atomic E-state index is -0.458. The molecule has 0 fully saturated rings. The summed E-state index contributed by atoms with van der Waals surface area (Å²) in [5.41, 5.74) is 1.38. The van der Waals surface area contributed by atoms with Crippen LogP contribution in [0.15, 0.2) is 35.1 Å². The molecule has 1 aromatic carbocycles. The van der Waals surface area contributed by atoms with Crippen molar-refractivity contribution < 1.29 is 4.92 Å². The molecule has 116 valence electrons. The van der Waals surface area contributed by atoms with Gasteiger partial charge in [0.2, 0.25) is 0 Å². The molecule has 0 aliphatic rings. The zero-order valence-electron chi connectivity index (χ0n) is 12.5. The molecule has 0 saturated heterocycles. The number of H-pyrrole nitrogens is 1. The molecule has 0 radical (unpaired) electrons. The summed E-state index contributed by atoms with van der Waals surface area (Å²) in [6.45, 7) is 4.52. The van der Waals surface area contributed by atoms with Gasteiger partial charge in [0.15, 0.2) is 0 Å². The number of nitro benzene ring substituents is 1. The highest BCUT2D eigenvalue weighted by molar-refractivity contribution is 5.62. The summed E-state index contributed by atoms with van der Waals surface area (Å²) in [4.78, 5) is 22.2. The Morgan fingerprint density at radius 3 is 2.86 bits per heavy atom. The Bertz CT molecular complexity index is 727. The number of nitrogens with one attached hydrogen (secondary N) is 2. The first-order valence-corrected chi connectivity index (χ1v) is 7.08. The van der Waals surface area contributed by atoms with Gasteiger partial charge in [-0.25, -0.2) is 5.10 Å². The van der Waals surface area contributed by atoms with Gasteiger partial charge in [0.05, 0.1) is 10.6 Å². The van der Waals surface area contributed by atoms with Gasteiger partial charge in [-0.1, -0.05) is 19.1 Å². The van der Waals surface area contributed by atoms with Crippen LogP contribution < -0.4 is 10.9 Å². The average molecular weight is 302 g/mol. The highest BCUT2D eigenvalue weighted by atomic mass is 16.6. The van der Waals surface area contributed by atoms with Gasteiger partial charge in [0, 0.05) is 35.8 Å². The van der Waals surface area contributed by atoms with Crippen LogP contribution in [0.4, 0.5) is 5.69 Å². The molecule has 1 aromatic heterocycles. The number of hydrogen-bond donors (Lipinski definition) is 2. The Morgan fingerprint density at radius 1 is 1.41 bits per heavy atom. The Hall–Kier alpha value is -2.54. The summed E-state index contributed by atoms with van der Waals surface area (Å²) in [5, 5.41) is 20.5. The third-order valence-corrected chi connectivity index (χ3v) is 3.49. The second-order valence-corrected chi connectivity index (χ2v) is 5.11. The molecular formula is C15H18N4O3. The minimum absolute atomic E-state index is 0.00946. The number of benzene rings is 1. The normalized spacial score (nSPS) is 12.1. The molecule has 1 heterocycles. The van der Waals surface area contributed by atoms with Gasteiger partial charge in [0.25, 0.3) is 11.2 Å². The first-order chi connectivity index (χ1) is 10.5. The fourth-order valence-electron chi connectivity index (χ4n) is 1.93. The maximum atomic E-state index is 11.8. The zero-order chi connectivity index (χ0) is 16.1. The van der Waals surface area contributed by atoms with Crippen LogP contribution in [-0.4, -0.2) is 21.2 Å². The summed E-state index contributed by atoms with van der Waals surface area (Å²) in [6.07, 6.45) is 0.959. The van der Waals surface area contributed by atoms with E-state index in [4.69, 9.17) is 0 Å². The molecule has 2 aromatic rings. The van der Waals surface area contributed by atoms with Crippen molar-refractivity contribution in [1.82, 2.24) is 15.5 Å². The number of non-ortho nitro benzene ring substituents is 1. The third kappa shape index (κ3) is 3.76. The largest absolute Gasteiger partial charge is 0.310 e. The van der Waals surface area contributed by atoms with Crippen LogP contribution in [0.25, 0.3) is 11.3 Å². The monoisotopic (exact) mass is 302 g/mol. The highest BCUT2D eigenvalue weighted by Crippen LogP contribution is 2.21. The summed E-state index contributed by atoms with van der Waals surface area (Å²) in [5.74, 6) is 0. The van der Waals surface area contributed by atoms with Crippen molar-refractivity contribution >= 4 is 5.69 Å². The van der Waals surface area contributed by atoms with Crippen molar-refractivity contribution in [1.29, 1.82) is 0 Å². The molecule has 0 aliphatic heterocycles. The van der Waals surface area contributed by atoms with E-state index in [0.717, 1.165) is 6.42 Å². The standard InChI is InChI=1S/C15H18N4O3/c1-3-10(2)16-9-12-8-14(17-18-15(12)20)11-5-4-6-13(7-11)19(21)22/h4-8,10,16H,3,9H2,1-2H3,(H,18,20). The van der Waals surface area contributed by atoms with Gasteiger partial charge in [0.1, 0.15) is 0 Å². The fourth-order valence-corrected chi connectivity index (χ4v) is 1.93. The second kappa shape index (κ2) is 6.95. The Labute approximate surface area is 127 Å². The van der Waals surface area contributed by atoms with Crippen molar-refractivity contribution in [3.05, 3.63) is 56.4 Å². The second-order valence-electron chi connectivity index (χ2n) is 5.11. The Balaban J connectivity index is 2.31. The lowest BCUT2D eigenvalue weighted by atomic mass is 10.1. The molecule has 22 heavy (non-hydrogen) atoms. The van der Waals surface area contributed by atoms with E-state index in [1.807, 2.05) is 6.92 Å². The summed E-state index contributed by atoms with van der Waals surface area (Å²) in [6, 6.07) is 8.13. The lowest BCUT2D eigenvalue weighted by Gasteiger charge is -2.11. The number of aromatic nitrogens is 2. The fraction of sp³-hybridized carbons (Fsp3) is 0.333. The maximum Gasteiger partial charge on any atom is 0.270 e. The van der Waals surface area contributed by atoms with Crippen molar-refractivity contribution in [2.24, 2.45) is 0 Å². The van der Waals surface area contributed by atoms with E-state index in [-0.39, 0.29) is 11.2 Å². The topological polar surface area (TPSA) is 101 Å². The molecule has 0 aliphatic carbocycles. The Morgan fingerprint density at radius 2 is 2.18 bits per heavy atom. The van der Waals surface area contributed by atoms with Crippen molar-refractivity contribution in [3.8, 4) is 11.3 Å². The van der Waals surface area contributed by atoms with Crippen LogP contribution in [-0.2, 0) is 6.54 Å². The summed E-state index contributed by atoms with van der Waals surface area (Å²) < 4.78 is 0. The van der Waals surface area contributed by atoms with Gasteiger partial charge in [-0.15, -0.1) is 0 Å². The molecule has 0 saturated carbocycles. The van der Waals surface area contributed by atoms with Crippen LogP contribution in [0.5, 0.6) is 0 Å². The van der Waals surface area contributed by atoms with E-state index in [1.165, 1.54) is 12.1 Å². The van der Waals surface area contributed by atoms with E-state index >= 15 is 0 Å². The van der Waals surface area contributed by atoms with Gasteiger partial charge in [-0.2, -0.15) is 5.10 Å². The van der Waals surface area contributed by atoms with Gasteiger partial charge in [-0.3, -0.25) is 14.9 Å². The average Bonchev–Trinajstić information content (AvgIpc) is 2.53. The molecule has 7 heteroatoms. The first-order valence-electron chi connectivity index (χ1n) is 7.08. The quantitative estimate of drug-likeness (QED) is 0.629. The predicted molar refractivity (Wildman–Crippen MR) is 83.5 cm³/mol. The van der Waals surface area contributed by atoms with Crippen molar-refractivity contribution in [2.75, 3.05) is 0 Å². The predicted octanol–water partition coefficient (Wildman–Crippen LogP) is 2.23. The molecule has 0 spiro atoms. The van der Waals surface area contributed by atoms with Crippen LogP contribution in [0.1, 0.15) is 25.8 Å². The molecule has 0 amide bonds. The number of nitrogens with zero attached hydrogens (tertiary/aromatic N) is 2. The molecule has 7 nitrogen and oxygen atoms in total. The molecule has 2 N–H and O–H groups in total. The molecule has 1 unspecified atom stereocenters. The van der Waals surface area contributed by atoms with E-state index in [0.29, 0.717) is 29.4 Å². The van der Waals surface area contributed by atoms with E-state index in [2.05, 4.69) is 22.4 Å². The van der Waals surface area contributed by atoms with Crippen LogP contribution in [0.3, 0.4) is 0 Å². The first kappa shape index (κ1) is 15.8. The summed E-state index contributed by atoms with van der Waals surface area (Å²) >= 11 is 0. The molecule has 0 bridgehead atoms. The van der Waals surface area contributed by atoms with E-state index in [9.17, 15) is 14.9 Å². The van der Waals surface area contributed by atoms with E-state index in [1.54, 1.807) is 18.2 Å². The number of hydrogen-bond acceptors (Lipinski definition) is 5. The van der Waals surface area contributed by atoms with Crippen molar-refractivity contribution in [2.45, 2.75) is 32.9 Å². The van der Waals surface area contributed by atoms with Gasteiger partial charge in [-0.05, 0) is 19.4 Å². The molecule has 2 rings (SSSR count). The zero-order valence-corrected chi connectivity index (χ0v) is 12.5. The minimum Gasteiger partial charge on any atom is -0.310 e. The molecule has 1 atom stereocenters. The van der Waals surface area contributed by atoms with Gasteiger partial charge < -0.3 is 5.32 Å². The van der Waals surface area contributed by atoms with Crippen LogP contribution in [0, 0.1) is 10.1 Å². The maximum absolute atomic E-state index is 11.8. The Kier molecular flexibility index (Phi) is 5.00. The lowest BCUT2D eigenvalue weighted by molar-refractivity contribution is -0.384. The van der Waals surface area contributed by atoms with Gasteiger partial charge >= 0.3 is 0 Å². The SMILES string of the molecule is CCC(C)NCc1cc(-c2cccc([N+](=O)[O-])c2)n[nH]c1=O. The highest BCUT2D eigenvalue weighted by Gasteiger charge is 2.10. The van der Waals surface area contributed by atoms with E-state index < -0.39 is 4.92 Å². The van der Waals surface area contributed by atoms with Crippen LogP contribution >= 0.6 is 0 Å².